The Morgan fingerprint density at radius 1 is 1.42 bits per heavy atom. The molecule has 0 bridgehead atoms. The fraction of sp³-hybridized carbons (Fsp3) is 0.0833. The van der Waals surface area contributed by atoms with Gasteiger partial charge in [-0.15, -0.1) is 0 Å². The van der Waals surface area contributed by atoms with Crippen molar-refractivity contribution in [1.29, 1.82) is 5.26 Å². The van der Waals surface area contributed by atoms with E-state index in [9.17, 15) is 18.4 Å². The van der Waals surface area contributed by atoms with E-state index in [2.05, 4.69) is 4.74 Å². The van der Waals surface area contributed by atoms with E-state index >= 15 is 0 Å². The van der Waals surface area contributed by atoms with Gasteiger partial charge in [0.15, 0.2) is 12.0 Å². The van der Waals surface area contributed by atoms with Crippen molar-refractivity contribution < 1.29 is 28.2 Å². The molecule has 1 aromatic carbocycles. The van der Waals surface area contributed by atoms with Gasteiger partial charge in [-0.25, -0.2) is 4.79 Å². The molecule has 0 unspecified atom stereocenters. The zero-order chi connectivity index (χ0) is 14.4. The van der Waals surface area contributed by atoms with Gasteiger partial charge < -0.3 is 9.84 Å². The lowest BCUT2D eigenvalue weighted by Crippen LogP contribution is -2.06. The summed E-state index contributed by atoms with van der Waals surface area (Å²) >= 11 is 0. The summed E-state index contributed by atoms with van der Waals surface area (Å²) in [6.45, 7) is -3.20. The summed E-state index contributed by atoms with van der Waals surface area (Å²) in [5, 5.41) is 17.3. The van der Waals surface area contributed by atoms with Crippen LogP contribution in [0, 0.1) is 11.3 Å². The molecule has 19 heavy (non-hydrogen) atoms. The molecule has 0 saturated carbocycles. The van der Waals surface area contributed by atoms with Gasteiger partial charge >= 0.3 is 12.6 Å². The predicted molar refractivity (Wildman–Crippen MR) is 59.8 cm³/mol. The number of ether oxygens (including phenoxy) is 1. The fourth-order valence-electron chi connectivity index (χ4n) is 1.34. The maximum atomic E-state index is 12.3. The highest BCUT2D eigenvalue weighted by Gasteiger charge is 2.17. The molecule has 0 aliphatic rings. The Labute approximate surface area is 106 Å². The molecular weight excluding hydrogens is 260 g/mol. The van der Waals surface area contributed by atoms with Crippen molar-refractivity contribution in [2.24, 2.45) is 0 Å². The Balaban J connectivity index is 3.42. The molecule has 5 nitrogen and oxygen atoms in total. The minimum absolute atomic E-state index is 0.0372. The van der Waals surface area contributed by atoms with Crippen LogP contribution < -0.4 is 4.74 Å². The topological polar surface area (TPSA) is 87.4 Å². The third-order valence-corrected chi connectivity index (χ3v) is 2.07. The van der Waals surface area contributed by atoms with Crippen LogP contribution in [0.25, 0.3) is 6.08 Å². The van der Waals surface area contributed by atoms with E-state index in [0.29, 0.717) is 12.4 Å². The average molecular weight is 267 g/mol. The summed E-state index contributed by atoms with van der Waals surface area (Å²) in [5.74, 6) is -1.82. The van der Waals surface area contributed by atoms with E-state index < -0.39 is 18.3 Å². The molecule has 7 heteroatoms. The summed E-state index contributed by atoms with van der Waals surface area (Å²) in [6, 6.07) is 4.00. The monoisotopic (exact) mass is 267 g/mol. The number of carboxylic acid groups (broad SMARTS) is 1. The molecular formula is C12H7F2NO4. The second-order valence-electron chi connectivity index (χ2n) is 3.23. The minimum atomic E-state index is -3.20. The summed E-state index contributed by atoms with van der Waals surface area (Å²) < 4.78 is 28.8. The van der Waals surface area contributed by atoms with Crippen molar-refractivity contribution in [1.82, 2.24) is 0 Å². The Kier molecular flexibility index (Phi) is 4.71. The first kappa shape index (κ1) is 14.3. The third kappa shape index (κ3) is 3.61. The largest absolute Gasteiger partial charge is 0.478 e. The maximum absolute atomic E-state index is 12.3. The van der Waals surface area contributed by atoms with Crippen LogP contribution in [0.2, 0.25) is 0 Å². The van der Waals surface area contributed by atoms with Crippen LogP contribution >= 0.6 is 0 Å². The lowest BCUT2D eigenvalue weighted by atomic mass is 10.0. The molecule has 0 atom stereocenters. The van der Waals surface area contributed by atoms with E-state index in [0.717, 1.165) is 6.08 Å². The van der Waals surface area contributed by atoms with Crippen LogP contribution in [-0.4, -0.2) is 24.0 Å². The molecule has 1 aromatic rings. The Hall–Kier alpha value is -2.75. The first-order chi connectivity index (χ1) is 8.99. The number of alkyl halides is 2. The van der Waals surface area contributed by atoms with Gasteiger partial charge in [0.25, 0.3) is 0 Å². The zero-order valence-corrected chi connectivity index (χ0v) is 9.34. The minimum Gasteiger partial charge on any atom is -0.478 e. The quantitative estimate of drug-likeness (QED) is 0.651. The molecule has 0 spiro atoms. The molecule has 0 aliphatic heterocycles. The zero-order valence-electron chi connectivity index (χ0n) is 9.34. The highest BCUT2D eigenvalue weighted by atomic mass is 19.3. The first-order valence-corrected chi connectivity index (χ1v) is 4.87. The van der Waals surface area contributed by atoms with E-state index in [1.165, 1.54) is 12.1 Å². The van der Waals surface area contributed by atoms with Gasteiger partial charge in [-0.1, -0.05) is 6.07 Å². The van der Waals surface area contributed by atoms with E-state index in [4.69, 9.17) is 10.4 Å². The van der Waals surface area contributed by atoms with Crippen molar-refractivity contribution >= 4 is 18.3 Å². The van der Waals surface area contributed by atoms with Gasteiger partial charge in [0.2, 0.25) is 0 Å². The summed E-state index contributed by atoms with van der Waals surface area (Å²) in [4.78, 5) is 21.1. The maximum Gasteiger partial charge on any atom is 0.387 e. The lowest BCUT2D eigenvalue weighted by molar-refractivity contribution is -0.131. The third-order valence-electron chi connectivity index (χ3n) is 2.07. The number of hydrogen-bond donors (Lipinski definition) is 1. The predicted octanol–water partition coefficient (Wildman–Crippen LogP) is 2.07. The number of aldehydes is 1. The van der Waals surface area contributed by atoms with Crippen molar-refractivity contribution in [3.8, 4) is 11.8 Å². The number of aliphatic carboxylic acids is 1. The summed E-state index contributed by atoms with van der Waals surface area (Å²) in [7, 11) is 0. The molecule has 0 amide bonds. The van der Waals surface area contributed by atoms with E-state index in [1.807, 2.05) is 0 Å². The van der Waals surface area contributed by atoms with Gasteiger partial charge in [-0.2, -0.15) is 14.0 Å². The van der Waals surface area contributed by atoms with Gasteiger partial charge in [-0.3, -0.25) is 4.79 Å². The molecule has 0 saturated heterocycles. The fourth-order valence-corrected chi connectivity index (χ4v) is 1.34. The van der Waals surface area contributed by atoms with Gasteiger partial charge in [0, 0.05) is 17.2 Å². The number of halogens is 2. The number of carboxylic acids is 1. The number of nitrogens with zero attached hydrogens (tertiary/aromatic N) is 1. The number of nitriles is 1. The lowest BCUT2D eigenvalue weighted by Gasteiger charge is -2.11. The van der Waals surface area contributed by atoms with Crippen molar-refractivity contribution in [2.45, 2.75) is 6.61 Å². The Morgan fingerprint density at radius 3 is 2.53 bits per heavy atom. The molecule has 0 fully saturated rings. The van der Waals surface area contributed by atoms with Gasteiger partial charge in [0.1, 0.15) is 11.6 Å². The Morgan fingerprint density at radius 2 is 2.05 bits per heavy atom. The Bertz CT molecular complexity index is 576. The van der Waals surface area contributed by atoms with Crippen molar-refractivity contribution in [2.75, 3.05) is 0 Å². The van der Waals surface area contributed by atoms with Crippen LogP contribution in [0.1, 0.15) is 21.5 Å². The molecule has 0 radical (unpaired) electrons. The summed E-state index contributed by atoms with van der Waals surface area (Å²) in [6.07, 6.45) is 2.02. The van der Waals surface area contributed by atoms with Crippen LogP contribution in [0.15, 0.2) is 18.2 Å². The van der Waals surface area contributed by atoms with E-state index in [1.54, 1.807) is 6.07 Å². The average Bonchev–Trinajstić information content (AvgIpc) is 2.35. The molecule has 1 rings (SSSR count). The summed E-state index contributed by atoms with van der Waals surface area (Å²) in [5.41, 5.74) is -0.529. The molecule has 1 N–H and O–H groups in total. The molecule has 0 aromatic heterocycles. The first-order valence-electron chi connectivity index (χ1n) is 4.87. The molecule has 98 valence electrons. The second kappa shape index (κ2) is 6.26. The SMILES string of the molecule is N#Cc1c(C=O)ccc(/C=C/C(=O)O)c1OC(F)F. The van der Waals surface area contributed by atoms with Crippen LogP contribution in [0.4, 0.5) is 8.78 Å². The number of carbonyl (C=O) groups excluding carboxylic acids is 1. The number of hydrogen-bond acceptors (Lipinski definition) is 4. The van der Waals surface area contributed by atoms with Crippen LogP contribution in [0.3, 0.4) is 0 Å². The normalized spacial score (nSPS) is 10.4. The number of benzene rings is 1. The van der Waals surface area contributed by atoms with Gasteiger partial charge in [0.05, 0.1) is 0 Å². The second-order valence-corrected chi connectivity index (χ2v) is 3.23. The van der Waals surface area contributed by atoms with Gasteiger partial charge in [-0.05, 0) is 12.1 Å². The molecule has 0 aliphatic carbocycles. The van der Waals surface area contributed by atoms with Crippen molar-refractivity contribution in [3.05, 3.63) is 34.9 Å². The highest BCUT2D eigenvalue weighted by molar-refractivity contribution is 5.88. The van der Waals surface area contributed by atoms with E-state index in [-0.39, 0.29) is 16.7 Å². The number of rotatable bonds is 5. The standard InChI is InChI=1S/C12H7F2NO4/c13-12(14)19-11-7(3-4-10(17)18)1-2-8(6-16)9(11)5-15/h1-4,6,12H,(H,17,18)/b4-3+. The molecule has 0 heterocycles. The van der Waals surface area contributed by atoms with Crippen LogP contribution in [-0.2, 0) is 4.79 Å². The number of carbonyl (C=O) groups is 2. The highest BCUT2D eigenvalue weighted by Crippen LogP contribution is 2.29. The van der Waals surface area contributed by atoms with Crippen LogP contribution in [0.5, 0.6) is 5.75 Å². The smallest absolute Gasteiger partial charge is 0.387 e. The van der Waals surface area contributed by atoms with Crippen molar-refractivity contribution in [3.63, 3.8) is 0 Å².